The van der Waals surface area contributed by atoms with Crippen molar-refractivity contribution in [3.8, 4) is 5.88 Å². The van der Waals surface area contributed by atoms with Crippen molar-refractivity contribution in [1.29, 1.82) is 0 Å². The number of sulfone groups is 1. The molecule has 0 aliphatic heterocycles. The predicted octanol–water partition coefficient (Wildman–Crippen LogP) is 1.50. The molecule has 0 saturated carbocycles. The quantitative estimate of drug-likeness (QED) is 0.899. The second-order valence-corrected chi connectivity index (χ2v) is 6.18. The molecule has 2 heterocycles. The summed E-state index contributed by atoms with van der Waals surface area (Å²) in [5.41, 5.74) is 1.73. The second kappa shape index (κ2) is 5.87. The van der Waals surface area contributed by atoms with Crippen LogP contribution in [0.25, 0.3) is 0 Å². The van der Waals surface area contributed by atoms with Crippen LogP contribution in [0, 0.1) is 0 Å². The van der Waals surface area contributed by atoms with Gasteiger partial charge in [-0.05, 0) is 17.7 Å². The molecule has 1 N–H and O–H groups in total. The number of hydrogen-bond acceptors (Lipinski definition) is 6. The topological polar surface area (TPSA) is 81.2 Å². The van der Waals surface area contributed by atoms with Crippen molar-refractivity contribution in [3.63, 3.8) is 0 Å². The Balaban J connectivity index is 2.00. The molecule has 0 fully saturated rings. The molecule has 0 amide bonds. The van der Waals surface area contributed by atoms with E-state index in [4.69, 9.17) is 4.74 Å². The highest BCUT2D eigenvalue weighted by atomic mass is 32.2. The second-order valence-electron chi connectivity index (χ2n) is 4.22. The summed E-state index contributed by atoms with van der Waals surface area (Å²) in [4.78, 5) is 8.00. The lowest BCUT2D eigenvalue weighted by Gasteiger charge is -2.07. The molecule has 0 aromatic carbocycles. The van der Waals surface area contributed by atoms with Gasteiger partial charge in [0, 0.05) is 25.1 Å². The van der Waals surface area contributed by atoms with Gasteiger partial charge in [0.1, 0.15) is 0 Å². The van der Waals surface area contributed by atoms with E-state index in [0.29, 0.717) is 12.4 Å². The average Bonchev–Trinajstić information content (AvgIpc) is 2.45. The van der Waals surface area contributed by atoms with Gasteiger partial charge in [0.2, 0.25) is 5.88 Å². The molecule has 106 valence electrons. The summed E-state index contributed by atoms with van der Waals surface area (Å²) in [5.74, 6) is 0.563. The van der Waals surface area contributed by atoms with Crippen LogP contribution in [0.15, 0.2) is 41.7 Å². The Bertz CT molecular complexity index is 667. The number of nitrogens with zero attached hydrogens (tertiary/aromatic N) is 2. The highest BCUT2D eigenvalue weighted by molar-refractivity contribution is 7.90. The number of nitrogens with one attached hydrogen (secondary N) is 1. The molecule has 0 spiro atoms. The smallest absolute Gasteiger partial charge is 0.212 e. The van der Waals surface area contributed by atoms with Gasteiger partial charge in [0.25, 0.3) is 0 Å². The van der Waals surface area contributed by atoms with E-state index in [1.165, 1.54) is 12.3 Å². The molecule has 6 nitrogen and oxygen atoms in total. The maximum Gasteiger partial charge on any atom is 0.212 e. The van der Waals surface area contributed by atoms with Gasteiger partial charge in [-0.3, -0.25) is 0 Å². The Morgan fingerprint density at radius 2 is 1.95 bits per heavy atom. The van der Waals surface area contributed by atoms with Gasteiger partial charge in [-0.1, -0.05) is 6.07 Å². The lowest BCUT2D eigenvalue weighted by Crippen LogP contribution is -2.03. The fraction of sp³-hybridized carbons (Fsp3) is 0.231. The molecular weight excluding hydrogens is 278 g/mol. The van der Waals surface area contributed by atoms with Crippen molar-refractivity contribution < 1.29 is 13.2 Å². The molecule has 0 unspecified atom stereocenters. The number of pyridine rings is 2. The molecule has 0 aliphatic rings. The third-order valence-corrected chi connectivity index (χ3v) is 3.62. The third kappa shape index (κ3) is 3.67. The highest BCUT2D eigenvalue weighted by Crippen LogP contribution is 2.12. The minimum atomic E-state index is -3.26. The van der Waals surface area contributed by atoms with E-state index in [0.717, 1.165) is 17.5 Å². The molecule has 2 aromatic rings. The number of aromatic nitrogens is 2. The zero-order chi connectivity index (χ0) is 14.6. The van der Waals surface area contributed by atoms with Crippen LogP contribution in [0.5, 0.6) is 5.88 Å². The van der Waals surface area contributed by atoms with E-state index < -0.39 is 9.84 Å². The van der Waals surface area contributed by atoms with E-state index in [1.54, 1.807) is 25.4 Å². The lowest BCUT2D eigenvalue weighted by atomic mass is 10.3. The minimum Gasteiger partial charge on any atom is -0.481 e. The van der Waals surface area contributed by atoms with Crippen molar-refractivity contribution in [1.82, 2.24) is 9.97 Å². The van der Waals surface area contributed by atoms with E-state index in [9.17, 15) is 8.42 Å². The van der Waals surface area contributed by atoms with Gasteiger partial charge in [0.15, 0.2) is 14.9 Å². The van der Waals surface area contributed by atoms with Gasteiger partial charge >= 0.3 is 0 Å². The Kier molecular flexibility index (Phi) is 4.19. The number of anilines is 1. The van der Waals surface area contributed by atoms with Gasteiger partial charge < -0.3 is 10.1 Å². The third-order valence-electron chi connectivity index (χ3n) is 2.62. The number of ether oxygens (including phenoxy) is 1. The molecular formula is C13H15N3O3S. The first kappa shape index (κ1) is 14.3. The van der Waals surface area contributed by atoms with Crippen LogP contribution >= 0.6 is 0 Å². The van der Waals surface area contributed by atoms with Crippen LogP contribution in [0.4, 0.5) is 5.69 Å². The first-order valence-electron chi connectivity index (χ1n) is 5.88. The summed E-state index contributed by atoms with van der Waals surface area (Å²) in [5, 5.41) is 3.20. The van der Waals surface area contributed by atoms with Crippen molar-refractivity contribution in [2.24, 2.45) is 0 Å². The van der Waals surface area contributed by atoms with E-state index in [2.05, 4.69) is 15.3 Å². The molecule has 0 aliphatic carbocycles. The van der Waals surface area contributed by atoms with Gasteiger partial charge in [0.05, 0.1) is 19.0 Å². The first-order chi connectivity index (χ1) is 9.49. The van der Waals surface area contributed by atoms with E-state index >= 15 is 0 Å². The number of hydrogen-bond donors (Lipinski definition) is 1. The summed E-state index contributed by atoms with van der Waals surface area (Å²) >= 11 is 0. The van der Waals surface area contributed by atoms with Crippen LogP contribution in [0.1, 0.15) is 5.56 Å². The molecule has 2 aromatic heterocycles. The van der Waals surface area contributed by atoms with Crippen molar-refractivity contribution in [2.45, 2.75) is 11.6 Å². The summed E-state index contributed by atoms with van der Waals surface area (Å²) < 4.78 is 27.5. The Morgan fingerprint density at radius 3 is 2.45 bits per heavy atom. The minimum absolute atomic E-state index is 0.0640. The molecule has 7 heteroatoms. The van der Waals surface area contributed by atoms with Crippen LogP contribution < -0.4 is 10.1 Å². The molecule has 0 atom stereocenters. The van der Waals surface area contributed by atoms with Crippen LogP contribution in [-0.2, 0) is 16.4 Å². The van der Waals surface area contributed by atoms with Gasteiger partial charge in [-0.2, -0.15) is 0 Å². The first-order valence-corrected chi connectivity index (χ1v) is 7.77. The Morgan fingerprint density at radius 1 is 1.15 bits per heavy atom. The number of methoxy groups -OCH3 is 1. The maximum absolute atomic E-state index is 11.3. The summed E-state index contributed by atoms with van der Waals surface area (Å²) in [6, 6.07) is 6.84. The average molecular weight is 293 g/mol. The Labute approximate surface area is 117 Å². The largest absolute Gasteiger partial charge is 0.481 e. The summed E-state index contributed by atoms with van der Waals surface area (Å²) in [6.07, 6.45) is 4.34. The summed E-state index contributed by atoms with van der Waals surface area (Å²) in [6.45, 7) is 0.566. The summed E-state index contributed by atoms with van der Waals surface area (Å²) in [7, 11) is -1.69. The lowest BCUT2D eigenvalue weighted by molar-refractivity contribution is 0.397. The molecule has 2 rings (SSSR count). The van der Waals surface area contributed by atoms with Crippen molar-refractivity contribution in [3.05, 3.63) is 42.2 Å². The zero-order valence-corrected chi connectivity index (χ0v) is 12.0. The standard InChI is InChI=1S/C13H15N3O3S/c1-19-12-5-3-10(8-15-12)7-14-11-4-6-13(16-9-11)20(2,17)18/h3-6,8-9,14H,7H2,1-2H3. The van der Waals surface area contributed by atoms with Crippen LogP contribution in [0.3, 0.4) is 0 Å². The fourth-order valence-corrected chi connectivity index (χ4v) is 2.10. The van der Waals surface area contributed by atoms with Crippen molar-refractivity contribution >= 4 is 15.5 Å². The van der Waals surface area contributed by atoms with Crippen LogP contribution in [-0.4, -0.2) is 31.8 Å². The van der Waals surface area contributed by atoms with E-state index in [-0.39, 0.29) is 5.03 Å². The van der Waals surface area contributed by atoms with Gasteiger partial charge in [-0.25, -0.2) is 18.4 Å². The molecule has 0 bridgehead atoms. The normalized spacial score (nSPS) is 11.1. The highest BCUT2D eigenvalue weighted by Gasteiger charge is 2.07. The molecule has 0 saturated heterocycles. The van der Waals surface area contributed by atoms with E-state index in [1.807, 2.05) is 6.07 Å². The zero-order valence-electron chi connectivity index (χ0n) is 11.2. The SMILES string of the molecule is COc1ccc(CNc2ccc(S(C)(=O)=O)nc2)cn1. The van der Waals surface area contributed by atoms with Gasteiger partial charge in [-0.15, -0.1) is 0 Å². The molecule has 20 heavy (non-hydrogen) atoms. The fourth-order valence-electron chi connectivity index (χ4n) is 1.54. The molecule has 0 radical (unpaired) electrons. The van der Waals surface area contributed by atoms with Crippen molar-refractivity contribution in [2.75, 3.05) is 18.7 Å². The Hall–Kier alpha value is -2.15. The maximum atomic E-state index is 11.3. The predicted molar refractivity (Wildman–Crippen MR) is 75.5 cm³/mol. The number of rotatable bonds is 5. The monoisotopic (exact) mass is 293 g/mol. The van der Waals surface area contributed by atoms with Crippen LogP contribution in [0.2, 0.25) is 0 Å².